The number of morpholine rings is 1. The molecule has 5 heteroatoms. The van der Waals surface area contributed by atoms with Gasteiger partial charge in [0.1, 0.15) is 5.69 Å². The molecule has 0 spiro atoms. The highest BCUT2D eigenvalue weighted by Crippen LogP contribution is 2.32. The summed E-state index contributed by atoms with van der Waals surface area (Å²) >= 11 is 0. The summed E-state index contributed by atoms with van der Waals surface area (Å²) in [6.07, 6.45) is 1.99. The van der Waals surface area contributed by atoms with Crippen LogP contribution in [0, 0.1) is 0 Å². The van der Waals surface area contributed by atoms with Crippen LogP contribution in [0.5, 0.6) is 11.5 Å². The molecule has 2 rings (SSSR count). The fourth-order valence-corrected chi connectivity index (χ4v) is 2.47. The van der Waals surface area contributed by atoms with Gasteiger partial charge in [-0.1, -0.05) is 0 Å². The number of pyridine rings is 1. The van der Waals surface area contributed by atoms with Crippen molar-refractivity contribution < 1.29 is 14.2 Å². The van der Waals surface area contributed by atoms with E-state index < -0.39 is 0 Å². The summed E-state index contributed by atoms with van der Waals surface area (Å²) in [5.74, 6) is 1.43. The second-order valence-electron chi connectivity index (χ2n) is 5.81. The minimum atomic E-state index is -0.0116. The first kappa shape index (κ1) is 15.1. The van der Waals surface area contributed by atoms with Gasteiger partial charge in [-0.3, -0.25) is 9.88 Å². The van der Waals surface area contributed by atoms with Crippen molar-refractivity contribution in [2.45, 2.75) is 39.0 Å². The third-order valence-corrected chi connectivity index (χ3v) is 3.76. The molecule has 20 heavy (non-hydrogen) atoms. The van der Waals surface area contributed by atoms with E-state index >= 15 is 0 Å². The Kier molecular flexibility index (Phi) is 4.50. The lowest BCUT2D eigenvalue weighted by Crippen LogP contribution is -2.55. The van der Waals surface area contributed by atoms with E-state index in [1.165, 1.54) is 0 Å². The zero-order valence-electron chi connectivity index (χ0n) is 13.0. The lowest BCUT2D eigenvalue weighted by Gasteiger charge is -2.44. The number of hydrogen-bond acceptors (Lipinski definition) is 5. The maximum atomic E-state index is 5.74. The van der Waals surface area contributed by atoms with Gasteiger partial charge in [0.05, 0.1) is 26.9 Å². The van der Waals surface area contributed by atoms with Crippen molar-refractivity contribution in [2.75, 3.05) is 27.4 Å². The monoisotopic (exact) mass is 280 g/mol. The van der Waals surface area contributed by atoms with Crippen LogP contribution < -0.4 is 9.47 Å². The minimum Gasteiger partial charge on any atom is -0.493 e. The summed E-state index contributed by atoms with van der Waals surface area (Å²) in [6, 6.07) is 1.81. The smallest absolute Gasteiger partial charge is 0.183 e. The minimum absolute atomic E-state index is 0.0116. The first-order valence-electron chi connectivity index (χ1n) is 6.90. The molecule has 1 saturated heterocycles. The van der Waals surface area contributed by atoms with E-state index in [2.05, 4.69) is 30.7 Å². The molecule has 1 aromatic rings. The van der Waals surface area contributed by atoms with Gasteiger partial charge in [-0.05, 0) is 20.8 Å². The standard InChI is InChI=1S/C15H24N2O3/c1-11-8-17(15(2,3)10-20-11)9-12-14(19-5)13(18-4)6-7-16-12/h6-7,11H,8-10H2,1-5H3/t11-/m1/s1. The Morgan fingerprint density at radius 3 is 2.80 bits per heavy atom. The third kappa shape index (κ3) is 3.04. The molecule has 1 aliphatic heterocycles. The molecule has 0 N–H and O–H groups in total. The van der Waals surface area contributed by atoms with Crippen molar-refractivity contribution in [1.82, 2.24) is 9.88 Å². The molecule has 112 valence electrons. The van der Waals surface area contributed by atoms with Crippen LogP contribution in [0.3, 0.4) is 0 Å². The van der Waals surface area contributed by atoms with Crippen molar-refractivity contribution in [2.24, 2.45) is 0 Å². The maximum Gasteiger partial charge on any atom is 0.183 e. The lowest BCUT2D eigenvalue weighted by atomic mass is 10.0. The molecule has 0 bridgehead atoms. The molecule has 1 atom stereocenters. The molecule has 0 amide bonds. The Balaban J connectivity index is 2.24. The van der Waals surface area contributed by atoms with Gasteiger partial charge in [0.2, 0.25) is 0 Å². The highest BCUT2D eigenvalue weighted by molar-refractivity contribution is 5.42. The maximum absolute atomic E-state index is 5.74. The van der Waals surface area contributed by atoms with E-state index in [0.717, 1.165) is 31.1 Å². The van der Waals surface area contributed by atoms with Crippen LogP contribution in [0.1, 0.15) is 26.5 Å². The number of nitrogens with zero attached hydrogens (tertiary/aromatic N) is 2. The molecule has 0 aromatic carbocycles. The van der Waals surface area contributed by atoms with Gasteiger partial charge >= 0.3 is 0 Å². The van der Waals surface area contributed by atoms with E-state index in [1.54, 1.807) is 20.4 Å². The summed E-state index contributed by atoms with van der Waals surface area (Å²) in [5.41, 5.74) is 0.886. The summed E-state index contributed by atoms with van der Waals surface area (Å²) in [4.78, 5) is 6.84. The van der Waals surface area contributed by atoms with Crippen LogP contribution in [0.4, 0.5) is 0 Å². The first-order valence-corrected chi connectivity index (χ1v) is 6.90. The summed E-state index contributed by atoms with van der Waals surface area (Å²) in [7, 11) is 3.29. The number of aromatic nitrogens is 1. The summed E-state index contributed by atoms with van der Waals surface area (Å²) < 4.78 is 16.5. The Morgan fingerprint density at radius 2 is 2.15 bits per heavy atom. The van der Waals surface area contributed by atoms with Crippen molar-refractivity contribution in [3.05, 3.63) is 18.0 Å². The average molecular weight is 280 g/mol. The average Bonchev–Trinajstić information content (AvgIpc) is 2.43. The van der Waals surface area contributed by atoms with Crippen molar-refractivity contribution in [3.63, 3.8) is 0 Å². The first-order chi connectivity index (χ1) is 9.47. The Labute approximate surface area is 120 Å². The predicted octanol–water partition coefficient (Wildman–Crippen LogP) is 2.10. The fraction of sp³-hybridized carbons (Fsp3) is 0.667. The molecule has 0 unspecified atom stereocenters. The van der Waals surface area contributed by atoms with E-state index in [1.807, 2.05) is 6.07 Å². The molecule has 1 aliphatic rings. The topological polar surface area (TPSA) is 43.8 Å². The van der Waals surface area contributed by atoms with Crippen LogP contribution in [-0.2, 0) is 11.3 Å². The number of methoxy groups -OCH3 is 2. The van der Waals surface area contributed by atoms with Gasteiger partial charge < -0.3 is 14.2 Å². The Hall–Kier alpha value is -1.33. The predicted molar refractivity (Wildman–Crippen MR) is 77.2 cm³/mol. The van der Waals surface area contributed by atoms with Gasteiger partial charge in [-0.25, -0.2) is 0 Å². The molecular weight excluding hydrogens is 256 g/mol. The zero-order chi connectivity index (χ0) is 14.8. The van der Waals surface area contributed by atoms with Crippen molar-refractivity contribution >= 4 is 0 Å². The molecule has 0 radical (unpaired) electrons. The van der Waals surface area contributed by atoms with E-state index in [0.29, 0.717) is 5.75 Å². The summed E-state index contributed by atoms with van der Waals surface area (Å²) in [6.45, 7) is 8.80. The molecule has 1 aromatic heterocycles. The fourth-order valence-electron chi connectivity index (χ4n) is 2.47. The van der Waals surface area contributed by atoms with Crippen LogP contribution in [-0.4, -0.2) is 48.9 Å². The number of ether oxygens (including phenoxy) is 3. The van der Waals surface area contributed by atoms with Gasteiger partial charge in [0.25, 0.3) is 0 Å². The number of hydrogen-bond donors (Lipinski definition) is 0. The normalized spacial score (nSPS) is 22.6. The molecule has 1 fully saturated rings. The molecular formula is C15H24N2O3. The van der Waals surface area contributed by atoms with Crippen LogP contribution in [0.25, 0.3) is 0 Å². The zero-order valence-corrected chi connectivity index (χ0v) is 13.0. The van der Waals surface area contributed by atoms with E-state index in [4.69, 9.17) is 14.2 Å². The summed E-state index contributed by atoms with van der Waals surface area (Å²) in [5, 5.41) is 0. The van der Waals surface area contributed by atoms with E-state index in [9.17, 15) is 0 Å². The number of rotatable bonds is 4. The largest absolute Gasteiger partial charge is 0.493 e. The SMILES string of the molecule is COc1ccnc(CN2C[C@@H](C)OCC2(C)C)c1OC. The quantitative estimate of drug-likeness (QED) is 0.845. The van der Waals surface area contributed by atoms with Gasteiger partial charge in [-0.15, -0.1) is 0 Å². The van der Waals surface area contributed by atoms with Gasteiger partial charge in [0.15, 0.2) is 11.5 Å². The van der Waals surface area contributed by atoms with Gasteiger partial charge in [0, 0.05) is 30.9 Å². The van der Waals surface area contributed by atoms with Gasteiger partial charge in [-0.2, -0.15) is 0 Å². The molecule has 0 saturated carbocycles. The van der Waals surface area contributed by atoms with Crippen LogP contribution in [0.2, 0.25) is 0 Å². The van der Waals surface area contributed by atoms with Crippen LogP contribution in [0.15, 0.2) is 12.3 Å². The molecule has 5 nitrogen and oxygen atoms in total. The van der Waals surface area contributed by atoms with E-state index in [-0.39, 0.29) is 11.6 Å². The lowest BCUT2D eigenvalue weighted by molar-refractivity contribution is -0.0955. The highest BCUT2D eigenvalue weighted by atomic mass is 16.5. The second-order valence-corrected chi connectivity index (χ2v) is 5.81. The third-order valence-electron chi connectivity index (χ3n) is 3.76. The van der Waals surface area contributed by atoms with Crippen LogP contribution >= 0.6 is 0 Å². The molecule has 2 heterocycles. The van der Waals surface area contributed by atoms with Crippen molar-refractivity contribution in [1.29, 1.82) is 0 Å². The molecule has 0 aliphatic carbocycles. The second kappa shape index (κ2) is 5.97. The Bertz CT molecular complexity index is 462. The Morgan fingerprint density at radius 1 is 1.40 bits per heavy atom. The van der Waals surface area contributed by atoms with Crippen molar-refractivity contribution in [3.8, 4) is 11.5 Å². The highest BCUT2D eigenvalue weighted by Gasteiger charge is 2.34.